The van der Waals surface area contributed by atoms with Gasteiger partial charge in [-0.15, -0.1) is 0 Å². The predicted molar refractivity (Wildman–Crippen MR) is 88.8 cm³/mol. The van der Waals surface area contributed by atoms with Crippen LogP contribution in [0.3, 0.4) is 0 Å². The van der Waals surface area contributed by atoms with Crippen LogP contribution in [-0.4, -0.2) is 19.6 Å². The van der Waals surface area contributed by atoms with Crippen LogP contribution in [0.5, 0.6) is 5.75 Å². The SMILES string of the molecule is COc1ccc2c(c1)c(Br)cn2[Si](C)(C)C(C)(C)C. The number of fused-ring (bicyclic) bond motifs is 1. The second-order valence-corrected chi connectivity index (χ2v) is 12.5. The molecule has 0 amide bonds. The van der Waals surface area contributed by atoms with Gasteiger partial charge in [0.1, 0.15) is 5.75 Å². The van der Waals surface area contributed by atoms with Gasteiger partial charge < -0.3 is 8.97 Å². The predicted octanol–water partition coefficient (Wildman–Crippen LogP) is 5.27. The molecule has 4 heteroatoms. The Morgan fingerprint density at radius 1 is 1.21 bits per heavy atom. The first-order valence-electron chi connectivity index (χ1n) is 6.53. The second kappa shape index (κ2) is 4.67. The molecule has 0 radical (unpaired) electrons. The first kappa shape index (κ1) is 14.7. The minimum atomic E-state index is -1.61. The molecule has 1 aromatic carbocycles. The van der Waals surface area contributed by atoms with Crippen LogP contribution in [0.1, 0.15) is 20.8 Å². The fourth-order valence-corrected chi connectivity index (χ4v) is 4.80. The third-order valence-corrected chi connectivity index (χ3v) is 10.3. The van der Waals surface area contributed by atoms with Gasteiger partial charge in [-0.1, -0.05) is 33.9 Å². The Hall–Kier alpha value is -0.743. The van der Waals surface area contributed by atoms with Gasteiger partial charge in [-0.2, -0.15) is 0 Å². The second-order valence-electron chi connectivity index (χ2n) is 6.54. The summed E-state index contributed by atoms with van der Waals surface area (Å²) in [4.78, 5) is 0. The molecule has 0 aliphatic carbocycles. The Bertz CT molecular complexity index is 610. The van der Waals surface area contributed by atoms with E-state index in [1.165, 1.54) is 10.9 Å². The number of ether oxygens (including phenoxy) is 1. The van der Waals surface area contributed by atoms with E-state index >= 15 is 0 Å². The molecule has 2 nitrogen and oxygen atoms in total. The van der Waals surface area contributed by atoms with Crippen molar-refractivity contribution >= 4 is 35.1 Å². The summed E-state index contributed by atoms with van der Waals surface area (Å²) >= 11 is 3.69. The molecule has 104 valence electrons. The maximum Gasteiger partial charge on any atom is 0.161 e. The summed E-state index contributed by atoms with van der Waals surface area (Å²) in [5.41, 5.74) is 1.29. The van der Waals surface area contributed by atoms with Gasteiger partial charge in [0.15, 0.2) is 8.24 Å². The lowest BCUT2D eigenvalue weighted by atomic mass is 10.2. The van der Waals surface area contributed by atoms with Crippen LogP contribution >= 0.6 is 15.9 Å². The summed E-state index contributed by atoms with van der Waals surface area (Å²) in [5, 5.41) is 1.53. The quantitative estimate of drug-likeness (QED) is 0.680. The summed E-state index contributed by atoms with van der Waals surface area (Å²) in [6, 6.07) is 6.31. The highest BCUT2D eigenvalue weighted by molar-refractivity contribution is 9.10. The molecule has 0 atom stereocenters. The number of hydrogen-bond acceptors (Lipinski definition) is 1. The minimum absolute atomic E-state index is 0.304. The van der Waals surface area contributed by atoms with Crippen molar-refractivity contribution in [2.45, 2.75) is 38.9 Å². The molecular weight excluding hydrogens is 318 g/mol. The Morgan fingerprint density at radius 3 is 2.37 bits per heavy atom. The van der Waals surface area contributed by atoms with E-state index in [9.17, 15) is 0 Å². The molecule has 0 aliphatic heterocycles. The lowest BCUT2D eigenvalue weighted by Crippen LogP contribution is -2.44. The van der Waals surface area contributed by atoms with Gasteiger partial charge in [-0.25, -0.2) is 0 Å². The summed E-state index contributed by atoms with van der Waals surface area (Å²) in [6.45, 7) is 11.8. The normalized spacial score (nSPS) is 13.0. The highest BCUT2D eigenvalue weighted by Gasteiger charge is 2.38. The van der Waals surface area contributed by atoms with Crippen molar-refractivity contribution in [1.29, 1.82) is 0 Å². The lowest BCUT2D eigenvalue weighted by molar-refractivity contribution is 0.415. The maximum absolute atomic E-state index is 5.32. The average Bonchev–Trinajstić information content (AvgIpc) is 2.65. The van der Waals surface area contributed by atoms with Gasteiger partial charge >= 0.3 is 0 Å². The van der Waals surface area contributed by atoms with E-state index in [0.717, 1.165) is 10.2 Å². The van der Waals surface area contributed by atoms with Gasteiger partial charge in [0.2, 0.25) is 0 Å². The molecule has 19 heavy (non-hydrogen) atoms. The molecule has 0 N–H and O–H groups in total. The largest absolute Gasteiger partial charge is 0.497 e. The average molecular weight is 340 g/mol. The number of methoxy groups -OCH3 is 1. The monoisotopic (exact) mass is 339 g/mol. The molecule has 0 aliphatic rings. The van der Waals surface area contributed by atoms with Crippen molar-refractivity contribution in [3.63, 3.8) is 0 Å². The number of halogens is 1. The van der Waals surface area contributed by atoms with E-state index in [2.05, 4.69) is 72.4 Å². The molecule has 0 bridgehead atoms. The maximum atomic E-state index is 5.32. The molecule has 0 saturated heterocycles. The van der Waals surface area contributed by atoms with Crippen molar-refractivity contribution in [2.24, 2.45) is 0 Å². The fourth-order valence-electron chi connectivity index (χ4n) is 2.12. The van der Waals surface area contributed by atoms with Crippen molar-refractivity contribution < 1.29 is 4.74 Å². The molecule has 2 rings (SSSR count). The Morgan fingerprint density at radius 2 is 1.84 bits per heavy atom. The summed E-state index contributed by atoms with van der Waals surface area (Å²) in [5.74, 6) is 0.904. The van der Waals surface area contributed by atoms with E-state index in [1.807, 2.05) is 6.07 Å². The number of hydrogen-bond donors (Lipinski definition) is 0. The molecule has 1 aromatic heterocycles. The first-order chi connectivity index (χ1) is 8.68. The zero-order valence-electron chi connectivity index (χ0n) is 12.5. The van der Waals surface area contributed by atoms with E-state index in [4.69, 9.17) is 4.74 Å². The van der Waals surface area contributed by atoms with Gasteiger partial charge in [-0.05, 0) is 39.2 Å². The fraction of sp³-hybridized carbons (Fsp3) is 0.467. The van der Waals surface area contributed by atoms with Gasteiger partial charge in [0.25, 0.3) is 0 Å². The van der Waals surface area contributed by atoms with E-state index in [-0.39, 0.29) is 0 Å². The molecule has 0 unspecified atom stereocenters. The molecule has 2 aromatic rings. The summed E-state index contributed by atoms with van der Waals surface area (Å²) < 4.78 is 8.96. The third kappa shape index (κ3) is 2.36. The zero-order chi connectivity index (χ0) is 14.4. The van der Waals surface area contributed by atoms with Crippen molar-refractivity contribution in [2.75, 3.05) is 7.11 Å². The Balaban J connectivity index is 2.70. The topological polar surface area (TPSA) is 14.2 Å². The van der Waals surface area contributed by atoms with Crippen molar-refractivity contribution in [3.05, 3.63) is 28.9 Å². The van der Waals surface area contributed by atoms with Crippen LogP contribution in [0.25, 0.3) is 10.9 Å². The van der Waals surface area contributed by atoms with Crippen LogP contribution in [0, 0.1) is 0 Å². The molecule has 0 fully saturated rings. The molecule has 0 spiro atoms. The van der Waals surface area contributed by atoms with Crippen LogP contribution in [0.4, 0.5) is 0 Å². The van der Waals surface area contributed by atoms with Gasteiger partial charge in [0.05, 0.1) is 7.11 Å². The van der Waals surface area contributed by atoms with Crippen LogP contribution in [-0.2, 0) is 0 Å². The number of aromatic nitrogens is 1. The van der Waals surface area contributed by atoms with Crippen LogP contribution in [0.2, 0.25) is 18.1 Å². The Kier molecular flexibility index (Phi) is 3.60. The molecular formula is C15H22BrNOSi. The van der Waals surface area contributed by atoms with E-state index < -0.39 is 8.24 Å². The van der Waals surface area contributed by atoms with Gasteiger partial charge in [-0.3, -0.25) is 0 Å². The summed E-state index contributed by atoms with van der Waals surface area (Å²) in [6.07, 6.45) is 2.24. The number of rotatable bonds is 2. The van der Waals surface area contributed by atoms with E-state index in [1.54, 1.807) is 7.11 Å². The standard InChI is InChI=1S/C15H22BrNOSi/c1-15(2,3)19(5,6)17-10-13(16)12-9-11(18-4)7-8-14(12)17/h7-10H,1-6H3. The smallest absolute Gasteiger partial charge is 0.161 e. The van der Waals surface area contributed by atoms with Crippen LogP contribution in [0.15, 0.2) is 28.9 Å². The highest BCUT2D eigenvalue weighted by atomic mass is 79.9. The number of nitrogens with zero attached hydrogens (tertiary/aromatic N) is 1. The number of benzene rings is 1. The zero-order valence-corrected chi connectivity index (χ0v) is 15.1. The highest BCUT2D eigenvalue weighted by Crippen LogP contribution is 2.41. The van der Waals surface area contributed by atoms with Gasteiger partial charge in [0, 0.05) is 21.6 Å². The van der Waals surface area contributed by atoms with Crippen molar-refractivity contribution in [1.82, 2.24) is 4.23 Å². The summed E-state index contributed by atoms with van der Waals surface area (Å²) in [7, 11) is 0.102. The van der Waals surface area contributed by atoms with E-state index in [0.29, 0.717) is 5.04 Å². The first-order valence-corrected chi connectivity index (χ1v) is 10.3. The molecule has 1 heterocycles. The molecule has 0 saturated carbocycles. The lowest BCUT2D eigenvalue weighted by Gasteiger charge is -2.38. The van der Waals surface area contributed by atoms with Crippen LogP contribution < -0.4 is 4.74 Å². The minimum Gasteiger partial charge on any atom is -0.497 e. The third-order valence-electron chi connectivity index (χ3n) is 4.40. The Labute approximate surface area is 125 Å². The van der Waals surface area contributed by atoms with Crippen molar-refractivity contribution in [3.8, 4) is 5.75 Å².